The number of carboxylic acid groups (broad SMARTS) is 1. The topological polar surface area (TPSA) is 186 Å². The molecule has 0 aromatic carbocycles. The van der Waals surface area contributed by atoms with Gasteiger partial charge in [-0.25, -0.2) is 10.6 Å². The third-order valence-electron chi connectivity index (χ3n) is 3.88. The van der Waals surface area contributed by atoms with Crippen LogP contribution in [0.5, 0.6) is 0 Å². The fraction of sp³-hybridized carbons (Fsp3) is 0.706. The van der Waals surface area contributed by atoms with Crippen LogP contribution >= 0.6 is 0 Å². The first-order valence-electron chi connectivity index (χ1n) is 9.32. The molecule has 0 aliphatic rings. The van der Waals surface area contributed by atoms with Crippen molar-refractivity contribution in [2.75, 3.05) is 26.7 Å². The Morgan fingerprint density at radius 2 is 1.86 bits per heavy atom. The highest BCUT2D eigenvalue weighted by molar-refractivity contribution is 5.73. The first-order valence-corrected chi connectivity index (χ1v) is 9.32. The average Bonchev–Trinajstić information content (AvgIpc) is 2.62. The minimum atomic E-state index is -0.892. The smallest absolute Gasteiger partial charge is 0.407 e. The van der Waals surface area contributed by atoms with Gasteiger partial charge >= 0.3 is 12.1 Å². The van der Waals surface area contributed by atoms with Gasteiger partial charge in [0.2, 0.25) is 5.91 Å². The lowest BCUT2D eigenvalue weighted by molar-refractivity contribution is -0.139. The molecule has 0 spiro atoms. The number of amides is 2. The maximum Gasteiger partial charge on any atom is 0.407 e. The van der Waals surface area contributed by atoms with Crippen molar-refractivity contribution in [3.63, 3.8) is 0 Å². The third-order valence-corrected chi connectivity index (χ3v) is 3.88. The fourth-order valence-corrected chi connectivity index (χ4v) is 2.34. The van der Waals surface area contributed by atoms with E-state index < -0.39 is 18.1 Å². The minimum Gasteiger partial charge on any atom is -0.480 e. The summed E-state index contributed by atoms with van der Waals surface area (Å²) in [7, 11) is 1.60. The highest BCUT2D eigenvalue weighted by Crippen LogP contribution is 2.02. The van der Waals surface area contributed by atoms with Crippen molar-refractivity contribution in [3.05, 3.63) is 11.9 Å². The molecule has 0 aliphatic heterocycles. The monoisotopic (exact) mass is 402 g/mol. The van der Waals surface area contributed by atoms with Crippen molar-refractivity contribution in [1.82, 2.24) is 15.6 Å². The maximum atomic E-state index is 11.6. The van der Waals surface area contributed by atoms with E-state index in [-0.39, 0.29) is 12.5 Å². The number of carbonyl (C=O) groups is 3. The van der Waals surface area contributed by atoms with Gasteiger partial charge in [-0.2, -0.15) is 0 Å². The first-order chi connectivity index (χ1) is 13.3. The molecule has 0 fully saturated rings. The summed E-state index contributed by atoms with van der Waals surface area (Å²) in [5.74, 6) is 4.57. The summed E-state index contributed by atoms with van der Waals surface area (Å²) >= 11 is 0. The Labute approximate surface area is 165 Å². The number of primary amides is 1. The van der Waals surface area contributed by atoms with Crippen LogP contribution < -0.4 is 27.9 Å². The van der Waals surface area contributed by atoms with E-state index >= 15 is 0 Å². The summed E-state index contributed by atoms with van der Waals surface area (Å²) in [6.45, 7) is 0.838. The lowest BCUT2D eigenvalue weighted by Gasteiger charge is -2.15. The number of nitrogens with two attached hydrogens (primary N) is 3. The van der Waals surface area contributed by atoms with Crippen molar-refractivity contribution >= 4 is 18.0 Å². The summed E-state index contributed by atoms with van der Waals surface area (Å²) in [5.41, 5.74) is 11.1. The second-order valence-electron chi connectivity index (χ2n) is 6.40. The number of likely N-dealkylation sites (N-methyl/N-ethyl adjacent to an activating group) is 1. The highest BCUT2D eigenvalue weighted by Gasteiger charge is 2.13. The predicted molar refractivity (Wildman–Crippen MR) is 105 cm³/mol. The Balaban J connectivity index is 3.81. The van der Waals surface area contributed by atoms with E-state index in [1.54, 1.807) is 7.05 Å². The van der Waals surface area contributed by atoms with E-state index in [2.05, 4.69) is 10.6 Å². The van der Waals surface area contributed by atoms with Gasteiger partial charge < -0.3 is 37.0 Å². The van der Waals surface area contributed by atoms with Gasteiger partial charge in [0.1, 0.15) is 12.6 Å². The second-order valence-corrected chi connectivity index (χ2v) is 6.40. The van der Waals surface area contributed by atoms with Crippen LogP contribution in [0.1, 0.15) is 44.9 Å². The number of carboxylic acids is 1. The molecular formula is C17H34N6O5. The van der Waals surface area contributed by atoms with E-state index in [9.17, 15) is 14.4 Å². The van der Waals surface area contributed by atoms with Gasteiger partial charge in [-0.15, -0.1) is 0 Å². The van der Waals surface area contributed by atoms with Gasteiger partial charge in [-0.05, 0) is 39.2 Å². The minimum absolute atomic E-state index is 0.0952. The number of hydrazine groups is 1. The normalized spacial score (nSPS) is 12.3. The van der Waals surface area contributed by atoms with Gasteiger partial charge in [0.05, 0.1) is 5.70 Å². The number of alkyl carbamates (subject to hydrolysis) is 1. The molecule has 11 heteroatoms. The number of hydrogen-bond acceptors (Lipinski definition) is 8. The van der Waals surface area contributed by atoms with Crippen LogP contribution in [0.15, 0.2) is 11.9 Å². The Morgan fingerprint density at radius 3 is 2.46 bits per heavy atom. The van der Waals surface area contributed by atoms with Crippen molar-refractivity contribution in [2.24, 2.45) is 17.3 Å². The molecule has 0 rings (SSSR count). The fourth-order valence-electron chi connectivity index (χ4n) is 2.34. The molecule has 0 saturated heterocycles. The predicted octanol–water partition coefficient (Wildman–Crippen LogP) is -0.423. The Kier molecular flexibility index (Phi) is 14.1. The zero-order valence-electron chi connectivity index (χ0n) is 16.5. The van der Waals surface area contributed by atoms with E-state index in [4.69, 9.17) is 27.2 Å². The SMILES string of the molecule is CN[C@@H](CCCCNC(=O)OC/C(N)=C/N(N)CCCCCC(N)=O)C(=O)O. The van der Waals surface area contributed by atoms with Crippen LogP contribution in [0.25, 0.3) is 0 Å². The standard InChI is InChI=1S/C17H34N6O5/c1-21-14(16(25)26)7-4-5-9-22-17(27)28-12-13(18)11-23(20)10-6-2-3-8-15(19)24/h11,14,21H,2-10,12,18,20H2,1H3,(H2,19,24)(H,22,27)(H,25,26)/b13-11-/t14-/m0/s1. The zero-order chi connectivity index (χ0) is 21.4. The van der Waals surface area contributed by atoms with Crippen LogP contribution in [0, 0.1) is 0 Å². The highest BCUT2D eigenvalue weighted by atomic mass is 16.5. The van der Waals surface area contributed by atoms with Gasteiger partial charge in [0.25, 0.3) is 0 Å². The molecular weight excluding hydrogens is 368 g/mol. The molecule has 0 bridgehead atoms. The number of rotatable bonds is 16. The van der Waals surface area contributed by atoms with Crippen LogP contribution in [0.3, 0.4) is 0 Å². The molecule has 28 heavy (non-hydrogen) atoms. The number of ether oxygens (including phenoxy) is 1. The van der Waals surface area contributed by atoms with E-state index in [0.29, 0.717) is 44.5 Å². The lowest BCUT2D eigenvalue weighted by atomic mass is 10.1. The quantitative estimate of drug-likeness (QED) is 0.113. The summed E-state index contributed by atoms with van der Waals surface area (Å²) < 4.78 is 4.98. The molecule has 9 N–H and O–H groups in total. The largest absolute Gasteiger partial charge is 0.480 e. The molecule has 162 valence electrons. The third kappa shape index (κ3) is 14.6. The van der Waals surface area contributed by atoms with Crippen LogP contribution in [-0.4, -0.2) is 60.9 Å². The van der Waals surface area contributed by atoms with Gasteiger partial charge in [0, 0.05) is 25.7 Å². The van der Waals surface area contributed by atoms with Crippen LogP contribution in [0.4, 0.5) is 4.79 Å². The number of unbranched alkanes of at least 4 members (excludes halogenated alkanes) is 3. The number of hydrogen-bond donors (Lipinski definition) is 6. The maximum absolute atomic E-state index is 11.6. The summed E-state index contributed by atoms with van der Waals surface area (Å²) in [6.07, 6.45) is 5.35. The van der Waals surface area contributed by atoms with Gasteiger partial charge in [-0.1, -0.05) is 6.42 Å². The Bertz CT molecular complexity index is 514. The van der Waals surface area contributed by atoms with Gasteiger partial charge in [0.15, 0.2) is 0 Å². The number of nitrogens with one attached hydrogen (secondary N) is 2. The molecule has 0 radical (unpaired) electrons. The Hall–Kier alpha value is -2.53. The lowest BCUT2D eigenvalue weighted by Crippen LogP contribution is -2.34. The molecule has 0 heterocycles. The summed E-state index contributed by atoms with van der Waals surface area (Å²) in [4.78, 5) is 33.1. The first kappa shape index (κ1) is 25.5. The van der Waals surface area contributed by atoms with Gasteiger partial charge in [-0.3, -0.25) is 9.59 Å². The summed E-state index contributed by atoms with van der Waals surface area (Å²) in [6, 6.07) is -0.584. The molecule has 0 aromatic rings. The molecule has 1 atom stereocenters. The Morgan fingerprint density at radius 1 is 1.14 bits per heavy atom. The van der Waals surface area contributed by atoms with Crippen molar-refractivity contribution in [2.45, 2.75) is 51.0 Å². The number of nitrogens with zero attached hydrogens (tertiary/aromatic N) is 1. The summed E-state index contributed by atoms with van der Waals surface area (Å²) in [5, 5.41) is 15.6. The van der Waals surface area contributed by atoms with Crippen molar-refractivity contribution in [3.8, 4) is 0 Å². The average molecular weight is 402 g/mol. The van der Waals surface area contributed by atoms with Crippen LogP contribution in [0.2, 0.25) is 0 Å². The number of carbonyl (C=O) groups excluding carboxylic acids is 2. The molecule has 0 saturated carbocycles. The molecule has 0 unspecified atom stereocenters. The van der Waals surface area contributed by atoms with Crippen molar-refractivity contribution < 1.29 is 24.2 Å². The molecule has 0 aromatic heterocycles. The van der Waals surface area contributed by atoms with Crippen LogP contribution in [-0.2, 0) is 14.3 Å². The molecule has 2 amide bonds. The molecule has 0 aliphatic carbocycles. The van der Waals surface area contributed by atoms with E-state index in [1.165, 1.54) is 11.2 Å². The second kappa shape index (κ2) is 15.5. The zero-order valence-corrected chi connectivity index (χ0v) is 16.5. The van der Waals surface area contributed by atoms with Crippen molar-refractivity contribution in [1.29, 1.82) is 0 Å². The number of aliphatic carboxylic acids is 1. The van der Waals surface area contributed by atoms with E-state index in [1.807, 2.05) is 0 Å². The van der Waals surface area contributed by atoms with E-state index in [0.717, 1.165) is 19.3 Å². The molecule has 11 nitrogen and oxygen atoms in total.